The third-order valence-corrected chi connectivity index (χ3v) is 1.27. The Kier molecular flexibility index (Phi) is 2.23. The van der Waals surface area contributed by atoms with Crippen molar-refractivity contribution in [3.05, 3.63) is 34.2 Å². The van der Waals surface area contributed by atoms with Crippen molar-refractivity contribution in [2.75, 3.05) is 7.05 Å². The second-order valence-electron chi connectivity index (χ2n) is 2.06. The van der Waals surface area contributed by atoms with Crippen molar-refractivity contribution in [1.29, 1.82) is 0 Å². The molecule has 3 nitrogen and oxygen atoms in total. The van der Waals surface area contributed by atoms with E-state index in [9.17, 15) is 4.79 Å². The van der Waals surface area contributed by atoms with Crippen LogP contribution in [0.5, 0.6) is 0 Å². The first-order chi connectivity index (χ1) is 4.84. The van der Waals surface area contributed by atoms with Crippen LogP contribution in [0.15, 0.2) is 23.3 Å². The largest absolute Gasteiger partial charge is 0.367 e. The van der Waals surface area contributed by atoms with Gasteiger partial charge >= 0.3 is 0 Å². The van der Waals surface area contributed by atoms with Gasteiger partial charge in [0.15, 0.2) is 5.43 Å². The molecule has 0 aliphatic rings. The number of aromatic amines is 1. The van der Waals surface area contributed by atoms with Gasteiger partial charge in [0, 0.05) is 30.6 Å². The van der Waals surface area contributed by atoms with Gasteiger partial charge in [-0.15, -0.1) is 0 Å². The first kappa shape index (κ1) is 7.02. The van der Waals surface area contributed by atoms with Gasteiger partial charge in [0.25, 0.3) is 0 Å². The minimum Gasteiger partial charge on any atom is -0.367 e. The maximum atomic E-state index is 10.9. The van der Waals surface area contributed by atoms with E-state index in [4.69, 9.17) is 0 Å². The van der Waals surface area contributed by atoms with Crippen molar-refractivity contribution in [2.24, 2.45) is 0 Å². The molecule has 54 valence electrons. The van der Waals surface area contributed by atoms with Gasteiger partial charge in [-0.05, 0) is 7.05 Å². The maximum Gasteiger partial charge on any atom is 0.186 e. The molecule has 0 aliphatic carbocycles. The summed E-state index contributed by atoms with van der Waals surface area (Å²) in [5, 5.41) is 2.90. The molecule has 0 fully saturated rings. The third kappa shape index (κ3) is 1.45. The van der Waals surface area contributed by atoms with E-state index < -0.39 is 0 Å². The number of hydrogen-bond acceptors (Lipinski definition) is 2. The fourth-order valence-electron chi connectivity index (χ4n) is 0.779. The topological polar surface area (TPSA) is 44.9 Å². The molecule has 0 bridgehead atoms. The fraction of sp³-hybridized carbons (Fsp3) is 0.286. The van der Waals surface area contributed by atoms with Crippen LogP contribution >= 0.6 is 0 Å². The summed E-state index contributed by atoms with van der Waals surface area (Å²) in [5.41, 5.74) is 0.845. The molecule has 0 aliphatic heterocycles. The molecule has 1 rings (SSSR count). The zero-order valence-corrected chi connectivity index (χ0v) is 5.85. The van der Waals surface area contributed by atoms with Crippen LogP contribution in [0, 0.1) is 0 Å². The molecule has 0 saturated heterocycles. The standard InChI is InChI=1S/C7H10N2O/c1-8-4-6-5-9-3-2-7(6)10/h2-3,5,8H,4H2,1H3,(H,9,10). The number of pyridine rings is 1. The smallest absolute Gasteiger partial charge is 0.186 e. The Hall–Kier alpha value is -1.09. The molecule has 0 radical (unpaired) electrons. The van der Waals surface area contributed by atoms with Gasteiger partial charge in [0.2, 0.25) is 0 Å². The summed E-state index contributed by atoms with van der Waals surface area (Å²) in [4.78, 5) is 13.8. The number of nitrogens with one attached hydrogen (secondary N) is 2. The third-order valence-electron chi connectivity index (χ3n) is 1.27. The molecule has 0 aromatic carbocycles. The highest BCUT2D eigenvalue weighted by Gasteiger charge is 1.92. The van der Waals surface area contributed by atoms with E-state index in [1.54, 1.807) is 12.4 Å². The molecule has 3 heteroatoms. The van der Waals surface area contributed by atoms with Crippen molar-refractivity contribution in [1.82, 2.24) is 10.3 Å². The predicted molar refractivity (Wildman–Crippen MR) is 39.8 cm³/mol. The summed E-state index contributed by atoms with van der Waals surface area (Å²) in [6.07, 6.45) is 3.33. The van der Waals surface area contributed by atoms with Crippen LogP contribution in [-0.2, 0) is 6.54 Å². The molecule has 0 saturated carbocycles. The molecular formula is C7H10N2O. The Bertz CT molecular complexity index is 254. The second-order valence-corrected chi connectivity index (χ2v) is 2.06. The van der Waals surface area contributed by atoms with E-state index in [0.717, 1.165) is 5.56 Å². The quantitative estimate of drug-likeness (QED) is 0.608. The van der Waals surface area contributed by atoms with Crippen molar-refractivity contribution in [3.8, 4) is 0 Å². The van der Waals surface area contributed by atoms with Gasteiger partial charge < -0.3 is 10.3 Å². The van der Waals surface area contributed by atoms with Gasteiger partial charge in [-0.2, -0.15) is 0 Å². The monoisotopic (exact) mass is 138 g/mol. The molecule has 0 spiro atoms. The van der Waals surface area contributed by atoms with Crippen LogP contribution in [0.3, 0.4) is 0 Å². The average Bonchev–Trinajstić information content (AvgIpc) is 1.94. The zero-order chi connectivity index (χ0) is 7.40. The lowest BCUT2D eigenvalue weighted by Crippen LogP contribution is -2.14. The molecule has 1 aromatic heterocycles. The van der Waals surface area contributed by atoms with Crippen molar-refractivity contribution in [2.45, 2.75) is 6.54 Å². The lowest BCUT2D eigenvalue weighted by Gasteiger charge is -1.95. The Balaban J connectivity index is 2.92. The molecule has 0 atom stereocenters. The van der Waals surface area contributed by atoms with E-state index in [1.807, 2.05) is 7.05 Å². The summed E-state index contributed by atoms with van der Waals surface area (Å²) in [5.74, 6) is 0. The first-order valence-electron chi connectivity index (χ1n) is 3.15. The average molecular weight is 138 g/mol. The molecule has 1 heterocycles. The second kappa shape index (κ2) is 3.17. The molecule has 0 amide bonds. The van der Waals surface area contributed by atoms with E-state index >= 15 is 0 Å². The summed E-state index contributed by atoms with van der Waals surface area (Å²) in [6, 6.07) is 1.52. The predicted octanol–water partition coefficient (Wildman–Crippen LogP) is 0.0943. The SMILES string of the molecule is CNCc1c[nH]ccc1=O. The van der Waals surface area contributed by atoms with E-state index in [0.29, 0.717) is 6.54 Å². The highest BCUT2D eigenvalue weighted by atomic mass is 16.1. The van der Waals surface area contributed by atoms with Crippen molar-refractivity contribution < 1.29 is 0 Å². The fourth-order valence-corrected chi connectivity index (χ4v) is 0.779. The summed E-state index contributed by atoms with van der Waals surface area (Å²) < 4.78 is 0. The van der Waals surface area contributed by atoms with Crippen LogP contribution in [0.4, 0.5) is 0 Å². The minimum absolute atomic E-state index is 0.0769. The van der Waals surface area contributed by atoms with Gasteiger partial charge in [0.1, 0.15) is 0 Å². The number of aromatic nitrogens is 1. The molecular weight excluding hydrogens is 128 g/mol. The van der Waals surface area contributed by atoms with Crippen LogP contribution in [0.25, 0.3) is 0 Å². The van der Waals surface area contributed by atoms with Crippen LogP contribution in [0.1, 0.15) is 5.56 Å². The summed E-state index contributed by atoms with van der Waals surface area (Å²) in [6.45, 7) is 0.621. The molecule has 1 aromatic rings. The Labute approximate surface area is 59.1 Å². The van der Waals surface area contributed by atoms with Gasteiger partial charge in [-0.3, -0.25) is 4.79 Å². The lowest BCUT2D eigenvalue weighted by atomic mass is 10.3. The Morgan fingerprint density at radius 3 is 3.10 bits per heavy atom. The molecule has 0 unspecified atom stereocenters. The zero-order valence-electron chi connectivity index (χ0n) is 5.85. The number of H-pyrrole nitrogens is 1. The van der Waals surface area contributed by atoms with Gasteiger partial charge in [-0.1, -0.05) is 0 Å². The van der Waals surface area contributed by atoms with Crippen molar-refractivity contribution in [3.63, 3.8) is 0 Å². The highest BCUT2D eigenvalue weighted by Crippen LogP contribution is 1.84. The highest BCUT2D eigenvalue weighted by molar-refractivity contribution is 5.08. The first-order valence-corrected chi connectivity index (χ1v) is 3.15. The van der Waals surface area contributed by atoms with E-state index in [2.05, 4.69) is 10.3 Å². The van der Waals surface area contributed by atoms with Crippen LogP contribution in [-0.4, -0.2) is 12.0 Å². The maximum absolute atomic E-state index is 10.9. The van der Waals surface area contributed by atoms with Crippen LogP contribution in [0.2, 0.25) is 0 Å². The van der Waals surface area contributed by atoms with Crippen LogP contribution < -0.4 is 10.7 Å². The molecule has 2 N–H and O–H groups in total. The lowest BCUT2D eigenvalue weighted by molar-refractivity contribution is 0.807. The number of rotatable bonds is 2. The summed E-state index contributed by atoms with van der Waals surface area (Å²) in [7, 11) is 1.81. The normalized spacial score (nSPS) is 9.70. The van der Waals surface area contributed by atoms with E-state index in [-0.39, 0.29) is 5.43 Å². The minimum atomic E-state index is 0.0769. The Morgan fingerprint density at radius 2 is 2.50 bits per heavy atom. The molecule has 10 heavy (non-hydrogen) atoms. The van der Waals surface area contributed by atoms with E-state index in [1.165, 1.54) is 6.07 Å². The summed E-state index contributed by atoms with van der Waals surface area (Å²) >= 11 is 0. The number of hydrogen-bond donors (Lipinski definition) is 2. The van der Waals surface area contributed by atoms with Gasteiger partial charge in [-0.25, -0.2) is 0 Å². The van der Waals surface area contributed by atoms with Gasteiger partial charge in [0.05, 0.1) is 0 Å². The Morgan fingerprint density at radius 1 is 1.70 bits per heavy atom. The van der Waals surface area contributed by atoms with Crippen molar-refractivity contribution >= 4 is 0 Å².